The minimum atomic E-state index is -0.514. The van der Waals surface area contributed by atoms with Crippen LogP contribution in [0, 0.1) is 11.7 Å². The number of morpholine rings is 1. The Bertz CT molecular complexity index is 614. The van der Waals surface area contributed by atoms with Crippen LogP contribution in [-0.4, -0.2) is 63.7 Å². The van der Waals surface area contributed by atoms with Crippen molar-refractivity contribution in [2.45, 2.75) is 32.0 Å². The molecule has 3 rings (SSSR count). The van der Waals surface area contributed by atoms with Gasteiger partial charge in [0.1, 0.15) is 6.61 Å². The van der Waals surface area contributed by atoms with Gasteiger partial charge in [-0.15, -0.1) is 0 Å². The zero-order valence-corrected chi connectivity index (χ0v) is 15.8. The van der Waals surface area contributed by atoms with Crippen LogP contribution in [0.5, 0.6) is 5.75 Å². The van der Waals surface area contributed by atoms with Gasteiger partial charge in [0.15, 0.2) is 11.6 Å². The third-order valence-corrected chi connectivity index (χ3v) is 5.17. The molecule has 6 nitrogen and oxygen atoms in total. The van der Waals surface area contributed by atoms with Crippen LogP contribution >= 0.6 is 0 Å². The van der Waals surface area contributed by atoms with E-state index in [4.69, 9.17) is 18.9 Å². The molecule has 2 fully saturated rings. The Hall–Kier alpha value is -1.70. The molecule has 1 unspecified atom stereocenters. The van der Waals surface area contributed by atoms with Gasteiger partial charge in [-0.3, -0.25) is 4.90 Å². The molecule has 27 heavy (non-hydrogen) atoms. The van der Waals surface area contributed by atoms with Gasteiger partial charge in [0.05, 0.1) is 18.8 Å². The first-order valence-electron chi connectivity index (χ1n) is 9.63. The SMILES string of the molecule is COC(Oc1cc(C(=O)OCCN2CCOCC2)ccc1F)C1CCCC1. The van der Waals surface area contributed by atoms with Crippen LogP contribution in [0.3, 0.4) is 0 Å². The van der Waals surface area contributed by atoms with Gasteiger partial charge < -0.3 is 18.9 Å². The Labute approximate surface area is 159 Å². The van der Waals surface area contributed by atoms with Crippen LogP contribution in [0.4, 0.5) is 4.39 Å². The van der Waals surface area contributed by atoms with E-state index in [1.807, 2.05) is 0 Å². The van der Waals surface area contributed by atoms with Crippen molar-refractivity contribution in [1.82, 2.24) is 4.90 Å². The van der Waals surface area contributed by atoms with E-state index in [0.29, 0.717) is 19.8 Å². The summed E-state index contributed by atoms with van der Waals surface area (Å²) in [6.07, 6.45) is 3.76. The predicted octanol–water partition coefficient (Wildman–Crippen LogP) is 2.86. The molecule has 1 aromatic carbocycles. The number of rotatable bonds is 8. The minimum Gasteiger partial charge on any atom is -0.462 e. The van der Waals surface area contributed by atoms with E-state index < -0.39 is 18.1 Å². The van der Waals surface area contributed by atoms with Crippen molar-refractivity contribution < 1.29 is 28.1 Å². The molecule has 0 spiro atoms. The van der Waals surface area contributed by atoms with Crippen LogP contribution < -0.4 is 4.74 Å². The molecule has 1 heterocycles. The summed E-state index contributed by atoms with van der Waals surface area (Å²) < 4.78 is 35.9. The Kier molecular flexibility index (Phi) is 7.43. The number of hydrogen-bond acceptors (Lipinski definition) is 6. The van der Waals surface area contributed by atoms with Crippen molar-refractivity contribution >= 4 is 5.97 Å². The van der Waals surface area contributed by atoms with Crippen LogP contribution in [0.1, 0.15) is 36.0 Å². The number of halogens is 1. The molecule has 1 atom stereocenters. The molecule has 1 saturated heterocycles. The number of hydrogen-bond donors (Lipinski definition) is 0. The van der Waals surface area contributed by atoms with Crippen molar-refractivity contribution in [2.75, 3.05) is 46.6 Å². The maximum Gasteiger partial charge on any atom is 0.338 e. The summed E-state index contributed by atoms with van der Waals surface area (Å²) in [5.74, 6) is -0.724. The maximum atomic E-state index is 14.2. The fourth-order valence-corrected chi connectivity index (χ4v) is 3.59. The average Bonchev–Trinajstić information content (AvgIpc) is 3.22. The van der Waals surface area contributed by atoms with Crippen molar-refractivity contribution in [3.8, 4) is 5.75 Å². The van der Waals surface area contributed by atoms with Gasteiger partial charge in [-0.25, -0.2) is 9.18 Å². The van der Waals surface area contributed by atoms with E-state index in [2.05, 4.69) is 4.90 Å². The summed E-state index contributed by atoms with van der Waals surface area (Å²) >= 11 is 0. The van der Waals surface area contributed by atoms with Crippen LogP contribution in [-0.2, 0) is 14.2 Å². The highest BCUT2D eigenvalue weighted by atomic mass is 19.1. The van der Waals surface area contributed by atoms with Gasteiger partial charge in [-0.2, -0.15) is 0 Å². The number of carbonyl (C=O) groups is 1. The van der Waals surface area contributed by atoms with E-state index in [9.17, 15) is 9.18 Å². The molecule has 1 aliphatic carbocycles. The van der Waals surface area contributed by atoms with Gasteiger partial charge in [-0.05, 0) is 31.0 Å². The Balaban J connectivity index is 1.55. The lowest BCUT2D eigenvalue weighted by Gasteiger charge is -2.26. The van der Waals surface area contributed by atoms with Crippen molar-refractivity contribution in [2.24, 2.45) is 5.92 Å². The van der Waals surface area contributed by atoms with Gasteiger partial charge in [0.25, 0.3) is 0 Å². The van der Waals surface area contributed by atoms with E-state index in [-0.39, 0.29) is 23.8 Å². The fourth-order valence-electron chi connectivity index (χ4n) is 3.59. The molecule has 0 amide bonds. The molecule has 0 aromatic heterocycles. The van der Waals surface area contributed by atoms with E-state index in [1.54, 1.807) is 7.11 Å². The average molecular weight is 381 g/mol. The summed E-state index contributed by atoms with van der Waals surface area (Å²) in [7, 11) is 1.56. The zero-order chi connectivity index (χ0) is 19.1. The second-order valence-corrected chi connectivity index (χ2v) is 7.00. The van der Waals surface area contributed by atoms with E-state index in [0.717, 1.165) is 38.8 Å². The lowest BCUT2D eigenvalue weighted by Crippen LogP contribution is -2.38. The summed E-state index contributed by atoms with van der Waals surface area (Å²) in [5, 5.41) is 0. The smallest absolute Gasteiger partial charge is 0.338 e. The molecular weight excluding hydrogens is 353 g/mol. The van der Waals surface area contributed by atoms with Crippen molar-refractivity contribution in [1.29, 1.82) is 0 Å². The summed E-state index contributed by atoms with van der Waals surface area (Å²) in [6.45, 7) is 4.03. The highest BCUT2D eigenvalue weighted by Crippen LogP contribution is 2.31. The molecule has 7 heteroatoms. The molecule has 0 N–H and O–H groups in total. The van der Waals surface area contributed by atoms with E-state index >= 15 is 0 Å². The number of carbonyl (C=O) groups excluding carboxylic acids is 1. The summed E-state index contributed by atoms with van der Waals surface area (Å²) in [4.78, 5) is 14.5. The molecule has 0 bridgehead atoms. The third kappa shape index (κ3) is 5.64. The standard InChI is InChI=1S/C20H28FNO5/c1-24-20(15-4-2-3-5-15)27-18-14-16(6-7-17(18)21)19(23)26-13-10-22-8-11-25-12-9-22/h6-7,14-15,20H,2-5,8-13H2,1H3. The second kappa shape index (κ2) is 10.0. The topological polar surface area (TPSA) is 57.2 Å². The van der Waals surface area contributed by atoms with Crippen LogP contribution in [0.25, 0.3) is 0 Å². The predicted molar refractivity (Wildman–Crippen MR) is 97.3 cm³/mol. The Morgan fingerprint density at radius 3 is 2.74 bits per heavy atom. The molecule has 150 valence electrons. The fraction of sp³-hybridized carbons (Fsp3) is 0.650. The second-order valence-electron chi connectivity index (χ2n) is 7.00. The van der Waals surface area contributed by atoms with Gasteiger partial charge >= 0.3 is 5.97 Å². The summed E-state index contributed by atoms with van der Waals surface area (Å²) in [6, 6.07) is 4.04. The largest absolute Gasteiger partial charge is 0.462 e. The Morgan fingerprint density at radius 2 is 2.04 bits per heavy atom. The van der Waals surface area contributed by atoms with Crippen molar-refractivity contribution in [3.05, 3.63) is 29.6 Å². The first-order chi connectivity index (χ1) is 13.2. The minimum absolute atomic E-state index is 0.0244. The lowest BCUT2D eigenvalue weighted by molar-refractivity contribution is -0.0925. The van der Waals surface area contributed by atoms with Gasteiger partial charge in [0.2, 0.25) is 6.29 Å². The molecule has 1 aliphatic heterocycles. The van der Waals surface area contributed by atoms with Crippen LogP contribution in [0.15, 0.2) is 18.2 Å². The number of nitrogens with zero attached hydrogens (tertiary/aromatic N) is 1. The van der Waals surface area contributed by atoms with Gasteiger partial charge in [0, 0.05) is 32.7 Å². The number of esters is 1. The van der Waals surface area contributed by atoms with Crippen molar-refractivity contribution in [3.63, 3.8) is 0 Å². The zero-order valence-electron chi connectivity index (χ0n) is 15.8. The molecule has 2 aliphatic rings. The monoisotopic (exact) mass is 381 g/mol. The quantitative estimate of drug-likeness (QED) is 0.510. The van der Waals surface area contributed by atoms with E-state index in [1.165, 1.54) is 18.2 Å². The highest BCUT2D eigenvalue weighted by molar-refractivity contribution is 5.89. The third-order valence-electron chi connectivity index (χ3n) is 5.17. The first kappa shape index (κ1) is 20.0. The Morgan fingerprint density at radius 1 is 1.30 bits per heavy atom. The molecule has 1 aromatic rings. The molecule has 0 radical (unpaired) electrons. The summed E-state index contributed by atoms with van der Waals surface area (Å²) in [5.41, 5.74) is 0.273. The normalized spacial score (nSPS) is 19.8. The van der Waals surface area contributed by atoms with Gasteiger partial charge in [-0.1, -0.05) is 12.8 Å². The number of methoxy groups -OCH3 is 1. The highest BCUT2D eigenvalue weighted by Gasteiger charge is 2.27. The lowest BCUT2D eigenvalue weighted by atomic mass is 10.1. The molecule has 1 saturated carbocycles. The first-order valence-corrected chi connectivity index (χ1v) is 9.63. The number of ether oxygens (including phenoxy) is 4. The maximum absolute atomic E-state index is 14.2. The number of benzene rings is 1. The molecular formula is C20H28FNO5. The van der Waals surface area contributed by atoms with Crippen LogP contribution in [0.2, 0.25) is 0 Å².